The summed E-state index contributed by atoms with van der Waals surface area (Å²) in [6.07, 6.45) is 1.91. The lowest BCUT2D eigenvalue weighted by molar-refractivity contribution is -0.115. The molecule has 0 aromatic heterocycles. The number of carboxylic acids is 1. The summed E-state index contributed by atoms with van der Waals surface area (Å²) in [6, 6.07) is 4.98. The highest BCUT2D eigenvalue weighted by atomic mass is 127. The van der Waals surface area contributed by atoms with Crippen LogP contribution >= 0.6 is 34.4 Å². The zero-order valence-electron chi connectivity index (χ0n) is 9.48. The number of benzene rings is 1. The van der Waals surface area contributed by atoms with Crippen molar-refractivity contribution >= 4 is 51.9 Å². The molecule has 1 atom stereocenters. The highest BCUT2D eigenvalue weighted by Crippen LogP contribution is 2.28. The van der Waals surface area contributed by atoms with Crippen molar-refractivity contribution in [1.82, 2.24) is 0 Å². The van der Waals surface area contributed by atoms with E-state index in [9.17, 15) is 9.59 Å². The molecule has 0 aliphatic carbocycles. The van der Waals surface area contributed by atoms with E-state index in [2.05, 4.69) is 5.32 Å². The molecule has 1 heterocycles. The van der Waals surface area contributed by atoms with Crippen LogP contribution in [-0.2, 0) is 4.79 Å². The molecule has 1 aromatic carbocycles. The molecule has 0 radical (unpaired) electrons. The van der Waals surface area contributed by atoms with Crippen LogP contribution in [0.3, 0.4) is 0 Å². The van der Waals surface area contributed by atoms with Crippen LogP contribution in [0.5, 0.6) is 0 Å². The van der Waals surface area contributed by atoms with Crippen LogP contribution in [0.1, 0.15) is 23.2 Å². The SMILES string of the molecule is O=C(O)c1cc(I)ccc1NC(=O)C1CCCS1. The minimum absolute atomic E-state index is 0.0501. The number of thioether (sulfide) groups is 1. The van der Waals surface area contributed by atoms with Gasteiger partial charge in [0, 0.05) is 3.57 Å². The summed E-state index contributed by atoms with van der Waals surface area (Å²) in [5, 5.41) is 11.8. The highest BCUT2D eigenvalue weighted by Gasteiger charge is 2.24. The average Bonchev–Trinajstić information content (AvgIpc) is 2.84. The Labute approximate surface area is 123 Å². The fourth-order valence-corrected chi connectivity index (χ4v) is 3.45. The molecular formula is C12H12INO3S. The van der Waals surface area contributed by atoms with Gasteiger partial charge in [0.15, 0.2) is 0 Å². The Bertz CT molecular complexity index is 486. The maximum Gasteiger partial charge on any atom is 0.337 e. The summed E-state index contributed by atoms with van der Waals surface area (Å²) < 4.78 is 0.832. The van der Waals surface area contributed by atoms with Crippen molar-refractivity contribution in [1.29, 1.82) is 0 Å². The number of aromatic carboxylic acids is 1. The summed E-state index contributed by atoms with van der Waals surface area (Å²) in [7, 11) is 0. The molecule has 1 amide bonds. The van der Waals surface area contributed by atoms with Crippen molar-refractivity contribution in [2.45, 2.75) is 18.1 Å². The summed E-state index contributed by atoms with van der Waals surface area (Å²) in [5.74, 6) is -0.125. The van der Waals surface area contributed by atoms with Crippen molar-refractivity contribution in [3.63, 3.8) is 0 Å². The predicted octanol–water partition coefficient (Wildman–Crippen LogP) is 2.82. The molecule has 0 spiro atoms. The molecule has 0 saturated carbocycles. The zero-order valence-corrected chi connectivity index (χ0v) is 12.5. The second kappa shape index (κ2) is 5.92. The molecule has 2 rings (SSSR count). The fraction of sp³-hybridized carbons (Fsp3) is 0.333. The van der Waals surface area contributed by atoms with E-state index in [4.69, 9.17) is 5.11 Å². The number of rotatable bonds is 3. The molecule has 4 nitrogen and oxygen atoms in total. The van der Waals surface area contributed by atoms with E-state index in [0.717, 1.165) is 22.2 Å². The monoisotopic (exact) mass is 377 g/mol. The van der Waals surface area contributed by atoms with Crippen LogP contribution < -0.4 is 5.32 Å². The van der Waals surface area contributed by atoms with Crippen LogP contribution in [-0.4, -0.2) is 28.0 Å². The molecule has 1 aromatic rings. The molecule has 96 valence electrons. The minimum atomic E-state index is -1.03. The number of anilines is 1. The van der Waals surface area contributed by atoms with Gasteiger partial charge in [-0.05, 0) is 59.4 Å². The van der Waals surface area contributed by atoms with Gasteiger partial charge in [0.25, 0.3) is 0 Å². The lowest BCUT2D eigenvalue weighted by Gasteiger charge is -2.12. The van der Waals surface area contributed by atoms with E-state index in [1.54, 1.807) is 30.0 Å². The Morgan fingerprint density at radius 2 is 2.22 bits per heavy atom. The number of nitrogens with one attached hydrogen (secondary N) is 1. The Balaban J connectivity index is 2.17. The van der Waals surface area contributed by atoms with E-state index < -0.39 is 5.97 Å². The molecular weight excluding hydrogens is 365 g/mol. The fourth-order valence-electron chi connectivity index (χ4n) is 1.80. The Hall–Kier alpha value is -0.760. The largest absolute Gasteiger partial charge is 0.478 e. The second-order valence-corrected chi connectivity index (χ2v) is 6.54. The molecule has 18 heavy (non-hydrogen) atoms. The van der Waals surface area contributed by atoms with Crippen LogP contribution in [0.2, 0.25) is 0 Å². The number of amides is 1. The van der Waals surface area contributed by atoms with Gasteiger partial charge in [-0.3, -0.25) is 4.79 Å². The molecule has 1 saturated heterocycles. The van der Waals surface area contributed by atoms with Gasteiger partial charge in [0.2, 0.25) is 5.91 Å². The number of hydrogen-bond acceptors (Lipinski definition) is 3. The lowest BCUT2D eigenvalue weighted by atomic mass is 10.1. The topological polar surface area (TPSA) is 66.4 Å². The number of carboxylic acid groups (broad SMARTS) is 1. The van der Waals surface area contributed by atoms with Gasteiger partial charge in [-0.1, -0.05) is 0 Å². The number of carbonyl (C=O) groups excluding carboxylic acids is 1. The van der Waals surface area contributed by atoms with E-state index in [1.807, 2.05) is 22.6 Å². The van der Waals surface area contributed by atoms with Crippen LogP contribution in [0.15, 0.2) is 18.2 Å². The molecule has 1 aliphatic heterocycles. The quantitative estimate of drug-likeness (QED) is 0.796. The summed E-state index contributed by atoms with van der Waals surface area (Å²) >= 11 is 3.67. The maximum atomic E-state index is 11.9. The number of carbonyl (C=O) groups is 2. The first-order chi connectivity index (χ1) is 8.58. The third-order valence-electron chi connectivity index (χ3n) is 2.69. The van der Waals surface area contributed by atoms with E-state index >= 15 is 0 Å². The van der Waals surface area contributed by atoms with Gasteiger partial charge >= 0.3 is 5.97 Å². The molecule has 1 unspecified atom stereocenters. The van der Waals surface area contributed by atoms with Crippen LogP contribution in [0.25, 0.3) is 0 Å². The van der Waals surface area contributed by atoms with Crippen molar-refractivity contribution in [2.75, 3.05) is 11.1 Å². The van der Waals surface area contributed by atoms with Crippen molar-refractivity contribution in [3.05, 3.63) is 27.3 Å². The first-order valence-corrected chi connectivity index (χ1v) is 7.66. The van der Waals surface area contributed by atoms with Gasteiger partial charge < -0.3 is 10.4 Å². The van der Waals surface area contributed by atoms with E-state index in [1.165, 1.54) is 0 Å². The Morgan fingerprint density at radius 1 is 1.44 bits per heavy atom. The normalized spacial score (nSPS) is 18.6. The van der Waals surface area contributed by atoms with Gasteiger partial charge in [0.1, 0.15) is 0 Å². The maximum absolute atomic E-state index is 11.9. The molecule has 1 fully saturated rings. The lowest BCUT2D eigenvalue weighted by Crippen LogP contribution is -2.24. The highest BCUT2D eigenvalue weighted by molar-refractivity contribution is 14.1. The molecule has 0 bridgehead atoms. The summed E-state index contributed by atoms with van der Waals surface area (Å²) in [4.78, 5) is 23.1. The number of halogens is 1. The average molecular weight is 377 g/mol. The van der Waals surface area contributed by atoms with Gasteiger partial charge in [0.05, 0.1) is 16.5 Å². The number of hydrogen-bond donors (Lipinski definition) is 2. The summed E-state index contributed by atoms with van der Waals surface area (Å²) in [5.41, 5.74) is 0.513. The first-order valence-electron chi connectivity index (χ1n) is 5.53. The Morgan fingerprint density at radius 3 is 2.83 bits per heavy atom. The third kappa shape index (κ3) is 3.17. The van der Waals surface area contributed by atoms with Crippen molar-refractivity contribution < 1.29 is 14.7 Å². The molecule has 1 aliphatic rings. The van der Waals surface area contributed by atoms with Crippen molar-refractivity contribution in [3.8, 4) is 0 Å². The van der Waals surface area contributed by atoms with Crippen LogP contribution in [0, 0.1) is 3.57 Å². The van der Waals surface area contributed by atoms with Gasteiger partial charge in [-0.2, -0.15) is 0 Å². The van der Waals surface area contributed by atoms with Crippen molar-refractivity contribution in [2.24, 2.45) is 0 Å². The zero-order chi connectivity index (χ0) is 13.1. The first kappa shape index (κ1) is 13.7. The van der Waals surface area contributed by atoms with E-state index in [-0.39, 0.29) is 16.7 Å². The van der Waals surface area contributed by atoms with Gasteiger partial charge in [-0.15, -0.1) is 11.8 Å². The molecule has 6 heteroatoms. The Kier molecular flexibility index (Phi) is 4.50. The smallest absolute Gasteiger partial charge is 0.337 e. The minimum Gasteiger partial charge on any atom is -0.478 e. The molecule has 2 N–H and O–H groups in total. The summed E-state index contributed by atoms with van der Waals surface area (Å²) in [6.45, 7) is 0. The third-order valence-corrected chi connectivity index (χ3v) is 4.74. The standard InChI is InChI=1S/C12H12INO3S/c13-7-3-4-9(8(6-7)12(16)17)14-11(15)10-2-1-5-18-10/h3-4,6,10H,1-2,5H2,(H,14,15)(H,16,17). The second-order valence-electron chi connectivity index (χ2n) is 3.99. The van der Waals surface area contributed by atoms with E-state index in [0.29, 0.717) is 5.69 Å². The van der Waals surface area contributed by atoms with Crippen LogP contribution in [0.4, 0.5) is 5.69 Å². The predicted molar refractivity (Wildman–Crippen MR) is 80.2 cm³/mol. The van der Waals surface area contributed by atoms with Gasteiger partial charge in [-0.25, -0.2) is 4.79 Å².